The van der Waals surface area contributed by atoms with Crippen LogP contribution in [0.15, 0.2) is 72.8 Å². The van der Waals surface area contributed by atoms with Crippen LogP contribution >= 0.6 is 11.3 Å². The molecule has 27 heavy (non-hydrogen) atoms. The first-order valence-electron chi connectivity index (χ1n) is 9.83. The summed E-state index contributed by atoms with van der Waals surface area (Å²) in [5.74, 6) is 1.19. The van der Waals surface area contributed by atoms with Crippen LogP contribution in [0.25, 0.3) is 32.0 Å². The predicted octanol–water partition coefficient (Wildman–Crippen LogP) is 7.89. The maximum Gasteiger partial charge on any atom is 0.0349 e. The van der Waals surface area contributed by atoms with E-state index in [1.54, 1.807) is 10.4 Å². The molecule has 0 amide bonds. The Kier molecular flexibility index (Phi) is 3.09. The molecule has 0 saturated heterocycles. The van der Waals surface area contributed by atoms with Crippen molar-refractivity contribution in [2.24, 2.45) is 5.41 Å². The van der Waals surface area contributed by atoms with Crippen LogP contribution in [-0.4, -0.2) is 0 Å². The molecule has 1 heteroatoms. The highest BCUT2D eigenvalue weighted by atomic mass is 32.1. The summed E-state index contributed by atoms with van der Waals surface area (Å²) in [6.45, 7) is 4.85. The average molecular weight is 367 g/mol. The molecule has 1 heterocycles. The molecular formula is C26H22S. The molecule has 0 N–H and O–H groups in total. The smallest absolute Gasteiger partial charge is 0.0349 e. The van der Waals surface area contributed by atoms with Crippen LogP contribution in [0.3, 0.4) is 0 Å². The van der Waals surface area contributed by atoms with Crippen molar-refractivity contribution >= 4 is 32.9 Å². The molecule has 2 unspecified atom stereocenters. The molecule has 3 aromatic carbocycles. The minimum absolute atomic E-state index is 0.382. The molecule has 3 aliphatic carbocycles. The predicted molar refractivity (Wildman–Crippen MR) is 118 cm³/mol. The number of benzene rings is 3. The highest BCUT2D eigenvalue weighted by Crippen LogP contribution is 2.58. The normalized spacial score (nSPS) is 22.4. The molecule has 1 aromatic heterocycles. The van der Waals surface area contributed by atoms with E-state index in [1.807, 2.05) is 11.3 Å². The maximum absolute atomic E-state index is 2.48. The number of rotatable bonds is 1. The lowest BCUT2D eigenvalue weighted by atomic mass is 9.61. The lowest BCUT2D eigenvalue weighted by Gasteiger charge is -2.44. The summed E-state index contributed by atoms with van der Waals surface area (Å²) in [5.41, 5.74) is 3.32. The molecule has 0 aliphatic heterocycles. The second-order valence-corrected chi connectivity index (χ2v) is 9.94. The molecule has 0 spiro atoms. The molecule has 0 nitrogen and oxygen atoms in total. The van der Waals surface area contributed by atoms with E-state index in [0.717, 1.165) is 0 Å². The van der Waals surface area contributed by atoms with Gasteiger partial charge in [-0.2, -0.15) is 0 Å². The SMILES string of the molecule is CC1(C)CC2C=CC1c1cc(-c3ccc4cc5ccccc5cc4c3)sc12. The van der Waals surface area contributed by atoms with Gasteiger partial charge in [-0.25, -0.2) is 0 Å². The van der Waals surface area contributed by atoms with Crippen LogP contribution in [0.4, 0.5) is 0 Å². The number of hydrogen-bond donors (Lipinski definition) is 0. The van der Waals surface area contributed by atoms with Gasteiger partial charge in [-0.05, 0) is 68.8 Å². The third-order valence-electron chi connectivity index (χ3n) is 6.58. The van der Waals surface area contributed by atoms with Crippen molar-refractivity contribution < 1.29 is 0 Å². The third-order valence-corrected chi connectivity index (χ3v) is 7.91. The van der Waals surface area contributed by atoms with E-state index in [4.69, 9.17) is 0 Å². The highest BCUT2D eigenvalue weighted by Gasteiger charge is 2.42. The van der Waals surface area contributed by atoms with E-state index in [1.165, 1.54) is 38.4 Å². The highest BCUT2D eigenvalue weighted by molar-refractivity contribution is 7.15. The fourth-order valence-electron chi connectivity index (χ4n) is 5.16. The van der Waals surface area contributed by atoms with Crippen molar-refractivity contribution in [3.05, 3.63) is 83.3 Å². The van der Waals surface area contributed by atoms with Crippen molar-refractivity contribution in [2.45, 2.75) is 32.1 Å². The van der Waals surface area contributed by atoms with Gasteiger partial charge in [0.2, 0.25) is 0 Å². The summed E-state index contributed by atoms with van der Waals surface area (Å²) >= 11 is 2.01. The van der Waals surface area contributed by atoms with Gasteiger partial charge in [0, 0.05) is 21.6 Å². The second kappa shape index (κ2) is 5.33. The van der Waals surface area contributed by atoms with Gasteiger partial charge in [-0.15, -0.1) is 11.3 Å². The van der Waals surface area contributed by atoms with E-state index in [2.05, 4.69) is 86.7 Å². The average Bonchev–Trinajstić information content (AvgIpc) is 3.12. The minimum Gasteiger partial charge on any atom is -0.139 e. The Morgan fingerprint density at radius 1 is 0.815 bits per heavy atom. The summed E-state index contributed by atoms with van der Waals surface area (Å²) in [5, 5.41) is 5.28. The monoisotopic (exact) mass is 366 g/mol. The Bertz CT molecular complexity index is 1240. The van der Waals surface area contributed by atoms with Gasteiger partial charge in [-0.3, -0.25) is 0 Å². The zero-order chi connectivity index (χ0) is 18.2. The third kappa shape index (κ3) is 2.28. The zero-order valence-corrected chi connectivity index (χ0v) is 16.5. The summed E-state index contributed by atoms with van der Waals surface area (Å²) in [6.07, 6.45) is 6.19. The van der Waals surface area contributed by atoms with Gasteiger partial charge >= 0.3 is 0 Å². The van der Waals surface area contributed by atoms with Crippen LogP contribution in [-0.2, 0) is 0 Å². The summed E-state index contributed by atoms with van der Waals surface area (Å²) in [6, 6.07) is 22.7. The second-order valence-electron chi connectivity index (χ2n) is 8.85. The van der Waals surface area contributed by atoms with E-state index >= 15 is 0 Å². The number of thiophene rings is 1. The molecule has 0 radical (unpaired) electrons. The molecule has 4 aromatic rings. The van der Waals surface area contributed by atoms with Crippen LogP contribution in [0.1, 0.15) is 42.5 Å². The van der Waals surface area contributed by atoms with Gasteiger partial charge in [0.05, 0.1) is 0 Å². The Labute approximate surface area is 164 Å². The molecular weight excluding hydrogens is 344 g/mol. The maximum atomic E-state index is 2.48. The topological polar surface area (TPSA) is 0 Å². The van der Waals surface area contributed by atoms with Crippen molar-refractivity contribution in [1.82, 2.24) is 0 Å². The van der Waals surface area contributed by atoms with Gasteiger partial charge in [0.25, 0.3) is 0 Å². The molecule has 132 valence electrons. The fraction of sp³-hybridized carbons (Fsp3) is 0.231. The van der Waals surface area contributed by atoms with Gasteiger partial charge in [0.15, 0.2) is 0 Å². The number of hydrogen-bond acceptors (Lipinski definition) is 1. The van der Waals surface area contributed by atoms with Crippen LogP contribution in [0.5, 0.6) is 0 Å². The standard InChI is InChI=1S/C26H22S/c1-26(2)15-20-9-10-23(26)22-14-24(27-25(20)22)19-8-7-18-11-16-5-3-4-6-17(16)12-21(18)13-19/h3-14,20,23H,15H2,1-2H3. The summed E-state index contributed by atoms with van der Waals surface area (Å²) in [4.78, 5) is 3.03. The Hall–Kier alpha value is -2.38. The molecule has 3 aliphatic rings. The number of allylic oxidation sites excluding steroid dienone is 2. The van der Waals surface area contributed by atoms with Crippen molar-refractivity contribution in [1.29, 1.82) is 0 Å². The van der Waals surface area contributed by atoms with E-state index in [0.29, 0.717) is 17.3 Å². The Balaban J connectivity index is 1.49. The first kappa shape index (κ1) is 15.7. The Morgan fingerprint density at radius 3 is 2.33 bits per heavy atom. The lowest BCUT2D eigenvalue weighted by molar-refractivity contribution is 0.254. The van der Waals surface area contributed by atoms with E-state index in [-0.39, 0.29) is 0 Å². The fourth-order valence-corrected chi connectivity index (χ4v) is 6.44. The van der Waals surface area contributed by atoms with Crippen molar-refractivity contribution in [3.8, 4) is 10.4 Å². The van der Waals surface area contributed by atoms with Gasteiger partial charge < -0.3 is 0 Å². The van der Waals surface area contributed by atoms with Crippen LogP contribution in [0.2, 0.25) is 0 Å². The minimum atomic E-state index is 0.382. The van der Waals surface area contributed by atoms with Gasteiger partial charge in [0.1, 0.15) is 0 Å². The first-order chi connectivity index (χ1) is 13.1. The van der Waals surface area contributed by atoms with Crippen LogP contribution < -0.4 is 0 Å². The van der Waals surface area contributed by atoms with Crippen LogP contribution in [0, 0.1) is 5.41 Å². The first-order valence-corrected chi connectivity index (χ1v) is 10.7. The van der Waals surface area contributed by atoms with Crippen molar-refractivity contribution in [2.75, 3.05) is 0 Å². The summed E-state index contributed by atoms with van der Waals surface area (Å²) < 4.78 is 0. The quantitative estimate of drug-likeness (QED) is 0.237. The molecule has 2 bridgehead atoms. The van der Waals surface area contributed by atoms with Gasteiger partial charge in [-0.1, -0.05) is 62.4 Å². The lowest BCUT2D eigenvalue weighted by Crippen LogP contribution is -2.31. The summed E-state index contributed by atoms with van der Waals surface area (Å²) in [7, 11) is 0. The van der Waals surface area contributed by atoms with E-state index in [9.17, 15) is 0 Å². The molecule has 2 atom stereocenters. The van der Waals surface area contributed by atoms with Crippen molar-refractivity contribution in [3.63, 3.8) is 0 Å². The Morgan fingerprint density at radius 2 is 1.56 bits per heavy atom. The largest absolute Gasteiger partial charge is 0.139 e. The van der Waals surface area contributed by atoms with E-state index < -0.39 is 0 Å². The zero-order valence-electron chi connectivity index (χ0n) is 15.7. The molecule has 0 fully saturated rings. The number of fused-ring (bicyclic) bond motifs is 3. The molecule has 0 saturated carbocycles. The molecule has 7 rings (SSSR count).